The summed E-state index contributed by atoms with van der Waals surface area (Å²) >= 11 is 1.26. The number of thiazole rings is 1. The molecule has 1 aromatic heterocycles. The SMILES string of the molecule is CC(C)(NC(=O)C1(CN)CC1)C(=O)Nc1nc2ccc(O)cc2s1. The minimum atomic E-state index is -1.08. The molecule has 1 saturated carbocycles. The highest BCUT2D eigenvalue weighted by molar-refractivity contribution is 7.22. The minimum absolute atomic E-state index is 0.146. The molecule has 2 aromatic rings. The van der Waals surface area contributed by atoms with Crippen molar-refractivity contribution < 1.29 is 14.7 Å². The van der Waals surface area contributed by atoms with Crippen LogP contribution in [0.5, 0.6) is 5.75 Å². The number of phenols is 1. The maximum Gasteiger partial charge on any atom is 0.251 e. The molecule has 3 rings (SSSR count). The highest BCUT2D eigenvalue weighted by Crippen LogP contribution is 2.45. The zero-order valence-electron chi connectivity index (χ0n) is 13.5. The number of carbonyl (C=O) groups excluding carboxylic acids is 2. The quantitative estimate of drug-likeness (QED) is 0.654. The van der Waals surface area contributed by atoms with Crippen molar-refractivity contribution >= 4 is 38.5 Å². The first-order valence-corrected chi connectivity index (χ1v) is 8.51. The van der Waals surface area contributed by atoms with Crippen LogP contribution in [0.3, 0.4) is 0 Å². The van der Waals surface area contributed by atoms with E-state index < -0.39 is 11.0 Å². The monoisotopic (exact) mass is 348 g/mol. The predicted octanol–water partition coefficient (Wildman–Crippen LogP) is 1.57. The van der Waals surface area contributed by atoms with Crippen molar-refractivity contribution in [3.05, 3.63) is 18.2 Å². The topological polar surface area (TPSA) is 117 Å². The van der Waals surface area contributed by atoms with Gasteiger partial charge in [0.05, 0.1) is 15.6 Å². The summed E-state index contributed by atoms with van der Waals surface area (Å²) in [5.41, 5.74) is 4.75. The lowest BCUT2D eigenvalue weighted by Gasteiger charge is -2.27. The van der Waals surface area contributed by atoms with Crippen LogP contribution in [0.4, 0.5) is 5.13 Å². The molecule has 0 atom stereocenters. The van der Waals surface area contributed by atoms with E-state index in [0.717, 1.165) is 17.5 Å². The van der Waals surface area contributed by atoms with Gasteiger partial charge in [-0.25, -0.2) is 4.98 Å². The second-order valence-electron chi connectivity index (χ2n) is 6.69. The Morgan fingerprint density at radius 3 is 2.75 bits per heavy atom. The number of carbonyl (C=O) groups is 2. The lowest BCUT2D eigenvalue weighted by Crippen LogP contribution is -2.55. The molecule has 1 heterocycles. The average molecular weight is 348 g/mol. The molecule has 0 spiro atoms. The lowest BCUT2D eigenvalue weighted by atomic mass is 10.0. The number of hydrogen-bond acceptors (Lipinski definition) is 6. The number of aromatic hydroxyl groups is 1. The number of hydrogen-bond donors (Lipinski definition) is 4. The zero-order valence-corrected chi connectivity index (χ0v) is 14.4. The van der Waals surface area contributed by atoms with E-state index in [1.54, 1.807) is 32.0 Å². The third-order valence-electron chi connectivity index (χ3n) is 4.31. The summed E-state index contributed by atoms with van der Waals surface area (Å²) in [6.45, 7) is 3.58. The zero-order chi connectivity index (χ0) is 17.5. The standard InChI is InChI=1S/C16H20N4O3S/c1-15(2,20-13(23)16(8-17)5-6-16)12(22)19-14-18-10-4-3-9(21)7-11(10)24-14/h3-4,7,21H,5-6,8,17H2,1-2H3,(H,20,23)(H,18,19,22). The molecule has 1 fully saturated rings. The van der Waals surface area contributed by atoms with E-state index in [0.29, 0.717) is 10.6 Å². The van der Waals surface area contributed by atoms with Crippen molar-refractivity contribution in [2.45, 2.75) is 32.2 Å². The number of benzene rings is 1. The molecule has 0 aliphatic heterocycles. The van der Waals surface area contributed by atoms with E-state index >= 15 is 0 Å². The fraction of sp³-hybridized carbons (Fsp3) is 0.438. The minimum Gasteiger partial charge on any atom is -0.508 e. The lowest BCUT2D eigenvalue weighted by molar-refractivity contribution is -0.132. The van der Waals surface area contributed by atoms with Gasteiger partial charge < -0.3 is 16.2 Å². The van der Waals surface area contributed by atoms with Crippen LogP contribution in [0.25, 0.3) is 10.2 Å². The first kappa shape index (κ1) is 16.7. The van der Waals surface area contributed by atoms with Gasteiger partial charge in [0.2, 0.25) is 5.91 Å². The number of nitrogens with zero attached hydrogens (tertiary/aromatic N) is 1. The van der Waals surface area contributed by atoms with Crippen LogP contribution in [0.15, 0.2) is 18.2 Å². The Bertz CT molecular complexity index is 811. The second-order valence-corrected chi connectivity index (χ2v) is 7.72. The second kappa shape index (κ2) is 5.71. The van der Waals surface area contributed by atoms with Crippen molar-refractivity contribution in [3.8, 4) is 5.75 Å². The van der Waals surface area contributed by atoms with Crippen molar-refractivity contribution in [1.29, 1.82) is 0 Å². The molecular formula is C16H20N4O3S. The van der Waals surface area contributed by atoms with E-state index in [9.17, 15) is 14.7 Å². The summed E-state index contributed by atoms with van der Waals surface area (Å²) in [6, 6.07) is 4.81. The van der Waals surface area contributed by atoms with Gasteiger partial charge in [-0.2, -0.15) is 0 Å². The van der Waals surface area contributed by atoms with Crippen LogP contribution in [-0.2, 0) is 9.59 Å². The predicted molar refractivity (Wildman–Crippen MR) is 92.9 cm³/mol. The molecule has 5 N–H and O–H groups in total. The Morgan fingerprint density at radius 1 is 1.42 bits per heavy atom. The van der Waals surface area contributed by atoms with E-state index in [-0.39, 0.29) is 24.1 Å². The number of nitrogens with one attached hydrogen (secondary N) is 2. The summed E-state index contributed by atoms with van der Waals surface area (Å²) in [4.78, 5) is 29.1. The number of nitrogens with two attached hydrogens (primary N) is 1. The van der Waals surface area contributed by atoms with Gasteiger partial charge in [0.25, 0.3) is 5.91 Å². The van der Waals surface area contributed by atoms with Crippen molar-refractivity contribution in [2.24, 2.45) is 11.1 Å². The molecule has 0 saturated heterocycles. The van der Waals surface area contributed by atoms with Crippen LogP contribution in [0.1, 0.15) is 26.7 Å². The molecule has 1 aromatic carbocycles. The summed E-state index contributed by atoms with van der Waals surface area (Å²) in [7, 11) is 0. The summed E-state index contributed by atoms with van der Waals surface area (Å²) in [5, 5.41) is 15.4. The van der Waals surface area contributed by atoms with Gasteiger partial charge >= 0.3 is 0 Å². The molecule has 2 amide bonds. The molecule has 24 heavy (non-hydrogen) atoms. The average Bonchev–Trinajstić information content (AvgIpc) is 3.22. The van der Waals surface area contributed by atoms with Crippen LogP contribution in [-0.4, -0.2) is 34.0 Å². The highest BCUT2D eigenvalue weighted by atomic mass is 32.1. The number of fused-ring (bicyclic) bond motifs is 1. The molecule has 1 aliphatic carbocycles. The third-order valence-corrected chi connectivity index (χ3v) is 5.25. The van der Waals surface area contributed by atoms with Crippen LogP contribution < -0.4 is 16.4 Å². The summed E-state index contributed by atoms with van der Waals surface area (Å²) in [6.07, 6.45) is 1.52. The molecule has 7 nitrogen and oxygen atoms in total. The Hall–Kier alpha value is -2.19. The maximum absolute atomic E-state index is 12.5. The van der Waals surface area contributed by atoms with Gasteiger partial charge in [-0.15, -0.1) is 0 Å². The molecule has 0 bridgehead atoms. The number of amides is 2. The van der Waals surface area contributed by atoms with E-state index in [1.165, 1.54) is 11.3 Å². The number of phenolic OH excluding ortho intramolecular Hbond substituents is 1. The van der Waals surface area contributed by atoms with E-state index in [4.69, 9.17) is 5.73 Å². The fourth-order valence-corrected chi connectivity index (χ4v) is 3.26. The Balaban J connectivity index is 1.71. The van der Waals surface area contributed by atoms with Crippen LogP contribution in [0, 0.1) is 5.41 Å². The smallest absolute Gasteiger partial charge is 0.251 e. The molecular weight excluding hydrogens is 328 g/mol. The normalized spacial score (nSPS) is 16.0. The highest BCUT2D eigenvalue weighted by Gasteiger charge is 2.50. The van der Waals surface area contributed by atoms with Gasteiger partial charge in [-0.3, -0.25) is 14.9 Å². The fourth-order valence-electron chi connectivity index (χ4n) is 2.37. The van der Waals surface area contributed by atoms with Gasteiger partial charge in [0.15, 0.2) is 5.13 Å². The Morgan fingerprint density at radius 2 is 2.12 bits per heavy atom. The first-order chi connectivity index (χ1) is 11.3. The van der Waals surface area contributed by atoms with Gasteiger partial charge in [-0.1, -0.05) is 11.3 Å². The van der Waals surface area contributed by atoms with Gasteiger partial charge in [-0.05, 0) is 44.9 Å². The molecule has 1 aliphatic rings. The summed E-state index contributed by atoms with van der Waals surface area (Å²) < 4.78 is 0.771. The largest absolute Gasteiger partial charge is 0.508 e. The first-order valence-electron chi connectivity index (χ1n) is 7.69. The summed E-state index contributed by atoms with van der Waals surface area (Å²) in [5.74, 6) is -0.389. The van der Waals surface area contributed by atoms with Crippen molar-refractivity contribution in [2.75, 3.05) is 11.9 Å². The van der Waals surface area contributed by atoms with Crippen molar-refractivity contribution in [3.63, 3.8) is 0 Å². The molecule has 0 unspecified atom stereocenters. The van der Waals surface area contributed by atoms with E-state index in [2.05, 4.69) is 15.6 Å². The van der Waals surface area contributed by atoms with Gasteiger partial charge in [0.1, 0.15) is 11.3 Å². The van der Waals surface area contributed by atoms with Crippen LogP contribution >= 0.6 is 11.3 Å². The van der Waals surface area contributed by atoms with Crippen molar-refractivity contribution in [1.82, 2.24) is 10.3 Å². The van der Waals surface area contributed by atoms with Crippen LogP contribution in [0.2, 0.25) is 0 Å². The number of rotatable bonds is 5. The maximum atomic E-state index is 12.5. The Labute approximate surface area is 143 Å². The number of anilines is 1. The molecule has 128 valence electrons. The molecule has 0 radical (unpaired) electrons. The molecule has 8 heteroatoms. The van der Waals surface area contributed by atoms with Gasteiger partial charge in [0, 0.05) is 6.54 Å². The number of aromatic nitrogens is 1. The Kier molecular flexibility index (Phi) is 3.97. The third kappa shape index (κ3) is 3.07. The van der Waals surface area contributed by atoms with E-state index in [1.807, 2.05) is 0 Å².